The zero-order valence-corrected chi connectivity index (χ0v) is 12.8. The highest BCUT2D eigenvalue weighted by Gasteiger charge is 2.28. The first-order chi connectivity index (χ1) is 9.63. The van der Waals surface area contributed by atoms with Crippen LogP contribution in [0.1, 0.15) is 49.0 Å². The zero-order chi connectivity index (χ0) is 14.1. The number of aromatic nitrogens is 2. The molecule has 20 heavy (non-hydrogen) atoms. The van der Waals surface area contributed by atoms with E-state index in [1.54, 1.807) is 0 Å². The smallest absolute Gasteiger partial charge is 0.264 e. The van der Waals surface area contributed by atoms with Crippen molar-refractivity contribution in [1.82, 2.24) is 10.1 Å². The Morgan fingerprint density at radius 3 is 3.00 bits per heavy atom. The van der Waals surface area contributed by atoms with Gasteiger partial charge in [0.1, 0.15) is 5.75 Å². The molecule has 3 rings (SSSR count). The van der Waals surface area contributed by atoms with Crippen LogP contribution in [-0.2, 0) is 6.61 Å². The fraction of sp³-hybridized carbons (Fsp3) is 0.429. The van der Waals surface area contributed by atoms with Gasteiger partial charge in [-0.05, 0) is 31.9 Å². The molecule has 1 heterocycles. The minimum Gasteiger partial charge on any atom is -0.483 e. The molecule has 6 heteroatoms. The van der Waals surface area contributed by atoms with Crippen LogP contribution in [-0.4, -0.2) is 10.1 Å². The van der Waals surface area contributed by atoms with Crippen molar-refractivity contribution < 1.29 is 9.26 Å². The van der Waals surface area contributed by atoms with Crippen LogP contribution < -0.4 is 10.5 Å². The topological polar surface area (TPSA) is 74.2 Å². The maximum Gasteiger partial charge on any atom is 0.264 e. The van der Waals surface area contributed by atoms with E-state index in [-0.39, 0.29) is 12.6 Å². The number of rotatable bonds is 5. The van der Waals surface area contributed by atoms with Crippen LogP contribution in [0, 0.1) is 0 Å². The molecule has 0 saturated heterocycles. The highest BCUT2D eigenvalue weighted by molar-refractivity contribution is 9.10. The first-order valence-corrected chi connectivity index (χ1v) is 7.43. The maximum atomic E-state index is 5.94. The molecule has 0 spiro atoms. The van der Waals surface area contributed by atoms with Gasteiger partial charge in [0.2, 0.25) is 0 Å². The number of nitrogens with two attached hydrogens (primary N) is 1. The Kier molecular flexibility index (Phi) is 3.76. The summed E-state index contributed by atoms with van der Waals surface area (Å²) in [6.07, 6.45) is 2.31. The average Bonchev–Trinajstić information content (AvgIpc) is 3.15. The predicted octanol–water partition coefficient (Wildman–Crippen LogP) is 3.31. The van der Waals surface area contributed by atoms with Gasteiger partial charge in [0.25, 0.3) is 5.89 Å². The van der Waals surface area contributed by atoms with E-state index in [9.17, 15) is 0 Å². The van der Waals surface area contributed by atoms with E-state index in [1.807, 2.05) is 25.1 Å². The summed E-state index contributed by atoms with van der Waals surface area (Å²) in [5.74, 6) is 2.52. The lowest BCUT2D eigenvalue weighted by Gasteiger charge is -2.13. The van der Waals surface area contributed by atoms with Crippen LogP contribution in [0.3, 0.4) is 0 Å². The lowest BCUT2D eigenvalue weighted by atomic mass is 10.1. The standard InChI is InChI=1S/C14H16BrN3O2/c1-8(16)11-5-4-10(15)6-12(11)19-7-13-17-14(18-20-13)9-2-3-9/h4-6,8-9H,2-3,7,16H2,1H3/t8-/m1/s1. The third kappa shape index (κ3) is 3.02. The molecule has 0 radical (unpaired) electrons. The first kappa shape index (κ1) is 13.6. The molecule has 0 amide bonds. The second-order valence-corrected chi connectivity index (χ2v) is 6.00. The van der Waals surface area contributed by atoms with Gasteiger partial charge in [-0.2, -0.15) is 4.98 Å². The molecule has 0 unspecified atom stereocenters. The molecule has 0 bridgehead atoms. The molecule has 1 aromatic carbocycles. The molecule has 1 aliphatic carbocycles. The monoisotopic (exact) mass is 337 g/mol. The zero-order valence-electron chi connectivity index (χ0n) is 11.2. The summed E-state index contributed by atoms with van der Waals surface area (Å²) in [6, 6.07) is 5.70. The van der Waals surface area contributed by atoms with Gasteiger partial charge in [0.15, 0.2) is 12.4 Å². The molecule has 106 valence electrons. The predicted molar refractivity (Wildman–Crippen MR) is 77.3 cm³/mol. The van der Waals surface area contributed by atoms with E-state index in [0.717, 1.165) is 34.5 Å². The van der Waals surface area contributed by atoms with Crippen molar-refractivity contribution in [3.63, 3.8) is 0 Å². The van der Waals surface area contributed by atoms with Crippen molar-refractivity contribution in [2.75, 3.05) is 0 Å². The normalized spacial score (nSPS) is 16.1. The number of ether oxygens (including phenoxy) is 1. The highest BCUT2D eigenvalue weighted by atomic mass is 79.9. The lowest BCUT2D eigenvalue weighted by Crippen LogP contribution is -2.08. The van der Waals surface area contributed by atoms with E-state index in [1.165, 1.54) is 0 Å². The molecule has 1 fully saturated rings. The van der Waals surface area contributed by atoms with Gasteiger partial charge >= 0.3 is 0 Å². The number of hydrogen-bond donors (Lipinski definition) is 1. The van der Waals surface area contributed by atoms with Gasteiger partial charge in [-0.3, -0.25) is 0 Å². The summed E-state index contributed by atoms with van der Waals surface area (Å²) in [7, 11) is 0. The van der Waals surface area contributed by atoms with Crippen LogP contribution in [0.4, 0.5) is 0 Å². The molecule has 2 N–H and O–H groups in total. The summed E-state index contributed by atoms with van der Waals surface area (Å²) in [5, 5.41) is 3.97. The van der Waals surface area contributed by atoms with Crippen LogP contribution in [0.15, 0.2) is 27.2 Å². The quantitative estimate of drug-likeness (QED) is 0.905. The second-order valence-electron chi connectivity index (χ2n) is 5.08. The minimum atomic E-state index is -0.0946. The molecule has 1 atom stereocenters. The molecule has 2 aromatic rings. The van der Waals surface area contributed by atoms with E-state index < -0.39 is 0 Å². The van der Waals surface area contributed by atoms with E-state index in [4.69, 9.17) is 15.0 Å². The van der Waals surface area contributed by atoms with Crippen molar-refractivity contribution in [3.8, 4) is 5.75 Å². The largest absolute Gasteiger partial charge is 0.483 e. The third-order valence-electron chi connectivity index (χ3n) is 3.24. The SMILES string of the molecule is C[C@@H](N)c1ccc(Br)cc1OCc1nc(C2CC2)no1. The summed E-state index contributed by atoms with van der Waals surface area (Å²) < 4.78 is 11.9. The van der Waals surface area contributed by atoms with Crippen molar-refractivity contribution in [2.24, 2.45) is 5.73 Å². The highest BCUT2D eigenvalue weighted by Crippen LogP contribution is 2.38. The van der Waals surface area contributed by atoms with E-state index in [0.29, 0.717) is 11.8 Å². The molecular weight excluding hydrogens is 322 g/mol. The molecule has 1 saturated carbocycles. The number of nitrogens with zero attached hydrogens (tertiary/aromatic N) is 2. The Bertz CT molecular complexity index is 608. The van der Waals surface area contributed by atoms with Crippen LogP contribution >= 0.6 is 15.9 Å². The number of hydrogen-bond acceptors (Lipinski definition) is 5. The van der Waals surface area contributed by atoms with Crippen LogP contribution in [0.2, 0.25) is 0 Å². The Morgan fingerprint density at radius 2 is 2.30 bits per heavy atom. The van der Waals surface area contributed by atoms with Crippen molar-refractivity contribution >= 4 is 15.9 Å². The minimum absolute atomic E-state index is 0.0946. The van der Waals surface area contributed by atoms with Gasteiger partial charge in [-0.25, -0.2) is 0 Å². The van der Waals surface area contributed by atoms with Crippen LogP contribution in [0.5, 0.6) is 5.75 Å². The van der Waals surface area contributed by atoms with Gasteiger partial charge in [0.05, 0.1) is 0 Å². The van der Waals surface area contributed by atoms with Gasteiger partial charge in [-0.15, -0.1) is 0 Å². The summed E-state index contributed by atoms with van der Waals surface area (Å²) in [6.45, 7) is 2.18. The van der Waals surface area contributed by atoms with E-state index in [2.05, 4.69) is 26.1 Å². The first-order valence-electron chi connectivity index (χ1n) is 6.64. The Morgan fingerprint density at radius 1 is 1.50 bits per heavy atom. The van der Waals surface area contributed by atoms with E-state index >= 15 is 0 Å². The molecule has 0 aliphatic heterocycles. The number of benzene rings is 1. The number of halogens is 1. The Balaban J connectivity index is 1.71. The van der Waals surface area contributed by atoms with Crippen LogP contribution in [0.25, 0.3) is 0 Å². The van der Waals surface area contributed by atoms with Crippen molar-refractivity contribution in [3.05, 3.63) is 40.0 Å². The van der Waals surface area contributed by atoms with Gasteiger partial charge in [0, 0.05) is 22.0 Å². The fourth-order valence-electron chi connectivity index (χ4n) is 1.98. The molecule has 1 aliphatic rings. The van der Waals surface area contributed by atoms with Crippen molar-refractivity contribution in [2.45, 2.75) is 38.3 Å². The molecular formula is C14H16BrN3O2. The molecule has 1 aromatic heterocycles. The van der Waals surface area contributed by atoms with Gasteiger partial charge in [-0.1, -0.05) is 27.2 Å². The Labute approximate surface area is 125 Å². The van der Waals surface area contributed by atoms with Gasteiger partial charge < -0.3 is 15.0 Å². The Hall–Kier alpha value is -1.40. The third-order valence-corrected chi connectivity index (χ3v) is 3.74. The lowest BCUT2D eigenvalue weighted by molar-refractivity contribution is 0.240. The maximum absolute atomic E-state index is 5.94. The summed E-state index contributed by atoms with van der Waals surface area (Å²) >= 11 is 3.43. The average molecular weight is 338 g/mol. The van der Waals surface area contributed by atoms with Crippen molar-refractivity contribution in [1.29, 1.82) is 0 Å². The summed E-state index contributed by atoms with van der Waals surface area (Å²) in [4.78, 5) is 4.34. The fourth-order valence-corrected chi connectivity index (χ4v) is 2.32. The molecule has 5 nitrogen and oxygen atoms in total. The summed E-state index contributed by atoms with van der Waals surface area (Å²) in [5.41, 5.74) is 6.89. The second kappa shape index (κ2) is 5.54.